The fraction of sp³-hybridized carbons (Fsp3) is 0.240. The number of hydrogen-bond donors (Lipinski definition) is 6. The zero-order chi connectivity index (χ0) is 47.9. The summed E-state index contributed by atoms with van der Waals surface area (Å²) in [6, 6.07) is 31.1. The molecule has 68 heavy (non-hydrogen) atoms. The minimum Gasteiger partial charge on any atom is -0.368 e. The first kappa shape index (κ1) is 46.2. The molecular formula is C50H53N13O5. The summed E-state index contributed by atoms with van der Waals surface area (Å²) >= 11 is 0. The number of nitrogens with two attached hydrogens (primary N) is 1. The molecule has 4 aromatic carbocycles. The highest BCUT2D eigenvalue weighted by Gasteiger charge is 2.21. The molecule has 18 nitrogen and oxygen atoms in total. The van der Waals surface area contributed by atoms with E-state index in [1.54, 1.807) is 64.0 Å². The van der Waals surface area contributed by atoms with Gasteiger partial charge in [0.25, 0.3) is 17.7 Å². The third kappa shape index (κ3) is 10.2. The van der Waals surface area contributed by atoms with Gasteiger partial charge in [0.15, 0.2) is 6.23 Å². The number of carbonyl (C=O) groups excluding carboxylic acids is 4. The fourth-order valence-corrected chi connectivity index (χ4v) is 8.00. The van der Waals surface area contributed by atoms with Crippen LogP contribution in [-0.4, -0.2) is 80.5 Å². The Hall–Kier alpha value is -8.38. The van der Waals surface area contributed by atoms with E-state index in [0.717, 1.165) is 16.8 Å². The number of carbonyl (C=O) groups is 4. The van der Waals surface area contributed by atoms with Crippen LogP contribution in [0.25, 0.3) is 33.2 Å². The van der Waals surface area contributed by atoms with E-state index in [0.29, 0.717) is 95.4 Å². The molecule has 0 spiro atoms. The zero-order valence-electron chi connectivity index (χ0n) is 38.2. The maximum absolute atomic E-state index is 13.5. The second kappa shape index (κ2) is 20.4. The molecule has 7 N–H and O–H groups in total. The minimum atomic E-state index is -1.16. The number of aryl methyl sites for hydroxylation is 4. The summed E-state index contributed by atoms with van der Waals surface area (Å²) < 4.78 is 7.04. The number of nitrogens with zero attached hydrogens (tertiary/aromatic N) is 8. The van der Waals surface area contributed by atoms with Crippen molar-refractivity contribution < 1.29 is 24.3 Å². The van der Waals surface area contributed by atoms with E-state index in [-0.39, 0.29) is 35.8 Å². The normalized spacial score (nSPS) is 11.9. The van der Waals surface area contributed by atoms with Gasteiger partial charge in [0, 0.05) is 56.0 Å². The highest BCUT2D eigenvalue weighted by Crippen LogP contribution is 2.27. The molecule has 1 unspecified atom stereocenters. The SMILES string of the molecule is CCn1nc(C)cc1C(=O)Nc1nc2cc(C(N)=O)ccc2n1C/C=C/Cn1c(NC(O)c2cc(C)nn2CC)nc2cc(C(=O)NCCCNC(=O)c3ccc(-c4ccccc4)cc3)ccc21. The molecule has 18 heteroatoms. The number of hydrogen-bond acceptors (Lipinski definition) is 10. The van der Waals surface area contributed by atoms with E-state index in [1.807, 2.05) is 97.5 Å². The molecule has 4 heterocycles. The van der Waals surface area contributed by atoms with Gasteiger partial charge in [0.05, 0.1) is 39.1 Å². The van der Waals surface area contributed by atoms with Gasteiger partial charge in [-0.2, -0.15) is 10.2 Å². The van der Waals surface area contributed by atoms with Crippen LogP contribution >= 0.6 is 0 Å². The molecule has 0 aliphatic heterocycles. The average Bonchev–Trinajstić information content (AvgIpc) is 4.11. The number of rotatable bonds is 19. The second-order valence-electron chi connectivity index (χ2n) is 16.2. The number of primary amides is 1. The molecule has 348 valence electrons. The minimum absolute atomic E-state index is 0.188. The average molecular weight is 916 g/mol. The lowest BCUT2D eigenvalue weighted by molar-refractivity contribution is 0.0947. The van der Waals surface area contributed by atoms with Crippen LogP contribution in [0, 0.1) is 13.8 Å². The maximum atomic E-state index is 13.5. The van der Waals surface area contributed by atoms with Crippen LogP contribution in [-0.2, 0) is 26.2 Å². The van der Waals surface area contributed by atoms with Crippen molar-refractivity contribution in [1.82, 2.24) is 49.3 Å². The van der Waals surface area contributed by atoms with Crippen LogP contribution in [0.15, 0.2) is 115 Å². The van der Waals surface area contributed by atoms with E-state index in [2.05, 4.69) is 36.4 Å². The van der Waals surface area contributed by atoms with E-state index in [4.69, 9.17) is 10.7 Å². The molecule has 8 aromatic rings. The second-order valence-corrected chi connectivity index (χ2v) is 16.2. The largest absolute Gasteiger partial charge is 0.368 e. The maximum Gasteiger partial charge on any atom is 0.276 e. The number of amides is 4. The summed E-state index contributed by atoms with van der Waals surface area (Å²) in [6.45, 7) is 9.84. The van der Waals surface area contributed by atoms with Crippen molar-refractivity contribution in [3.63, 3.8) is 0 Å². The number of imidazole rings is 2. The van der Waals surface area contributed by atoms with Crippen molar-refractivity contribution in [2.75, 3.05) is 23.7 Å². The molecule has 0 bridgehead atoms. The first-order chi connectivity index (χ1) is 32.9. The molecule has 0 saturated carbocycles. The lowest BCUT2D eigenvalue weighted by atomic mass is 10.0. The summed E-state index contributed by atoms with van der Waals surface area (Å²) in [6.07, 6.45) is 3.19. The third-order valence-corrected chi connectivity index (χ3v) is 11.4. The van der Waals surface area contributed by atoms with Gasteiger partial charge < -0.3 is 35.9 Å². The van der Waals surface area contributed by atoms with Crippen LogP contribution < -0.4 is 27.0 Å². The topological polar surface area (TPSA) is 234 Å². The van der Waals surface area contributed by atoms with Crippen molar-refractivity contribution in [3.8, 4) is 11.1 Å². The summed E-state index contributed by atoms with van der Waals surface area (Å²) in [5.41, 5.74) is 13.7. The number of anilines is 2. The van der Waals surface area contributed by atoms with Gasteiger partial charge in [-0.05, 0) is 106 Å². The van der Waals surface area contributed by atoms with Gasteiger partial charge in [-0.3, -0.25) is 33.9 Å². The lowest BCUT2D eigenvalue weighted by Gasteiger charge is -2.16. The van der Waals surface area contributed by atoms with Gasteiger partial charge in [-0.25, -0.2) is 9.97 Å². The Balaban J connectivity index is 0.974. The Bertz CT molecular complexity index is 3160. The molecule has 8 rings (SSSR count). The van der Waals surface area contributed by atoms with Crippen molar-refractivity contribution in [3.05, 3.63) is 155 Å². The fourth-order valence-electron chi connectivity index (χ4n) is 8.00. The van der Waals surface area contributed by atoms with E-state index >= 15 is 0 Å². The molecule has 4 aromatic heterocycles. The predicted molar refractivity (Wildman–Crippen MR) is 260 cm³/mol. The number of aliphatic hydroxyl groups excluding tert-OH is 1. The quantitative estimate of drug-likeness (QED) is 0.0298. The summed E-state index contributed by atoms with van der Waals surface area (Å²) in [5, 5.41) is 32.3. The first-order valence-electron chi connectivity index (χ1n) is 22.4. The van der Waals surface area contributed by atoms with Gasteiger partial charge in [-0.15, -0.1) is 0 Å². The standard InChI is InChI=1S/C50H53N13O5/c1-5-62-42(27-31(3)58-62)47(67)56-49-54-38-29-36(44(51)64)19-21-40(38)60(49)25-10-11-26-61-41-22-20-37(30-39(41)55-50(61)57-48(68)43-28-32(4)59-63(43)6-2)46(66)53-24-12-23-52-45(65)35-17-15-34(16-18-35)33-13-8-7-9-14-33/h7-11,13-22,27-30,48,68H,5-6,12,23-26H2,1-4H3,(H2,51,64)(H,52,65)(H,53,66)(H,55,57)(H,54,56,67)/b11-10+. The van der Waals surface area contributed by atoms with Crippen LogP contribution in [0.4, 0.5) is 11.9 Å². The van der Waals surface area contributed by atoms with Gasteiger partial charge in [0.1, 0.15) is 5.69 Å². The van der Waals surface area contributed by atoms with Crippen molar-refractivity contribution >= 4 is 57.6 Å². The number of fused-ring (bicyclic) bond motifs is 2. The zero-order valence-corrected chi connectivity index (χ0v) is 38.2. The Morgan fingerprint density at radius 2 is 1.19 bits per heavy atom. The van der Waals surface area contributed by atoms with Crippen LogP contribution in [0.2, 0.25) is 0 Å². The molecular weight excluding hydrogens is 863 g/mol. The van der Waals surface area contributed by atoms with Gasteiger partial charge in [-0.1, -0.05) is 54.6 Å². The number of aliphatic hydroxyl groups is 1. The molecule has 1 atom stereocenters. The third-order valence-electron chi connectivity index (χ3n) is 11.4. The Morgan fingerprint density at radius 3 is 1.84 bits per heavy atom. The van der Waals surface area contributed by atoms with Gasteiger partial charge >= 0.3 is 0 Å². The van der Waals surface area contributed by atoms with Gasteiger partial charge in [0.2, 0.25) is 17.8 Å². The number of nitrogens with one attached hydrogen (secondary N) is 4. The number of allylic oxidation sites excluding steroid dienone is 2. The highest BCUT2D eigenvalue weighted by atomic mass is 16.3. The lowest BCUT2D eigenvalue weighted by Crippen LogP contribution is -2.29. The van der Waals surface area contributed by atoms with E-state index < -0.39 is 12.1 Å². The molecule has 0 radical (unpaired) electrons. The molecule has 0 aliphatic rings. The predicted octanol–water partition coefficient (Wildman–Crippen LogP) is 6.36. The Kier molecular flexibility index (Phi) is 13.9. The monoisotopic (exact) mass is 915 g/mol. The van der Waals surface area contributed by atoms with E-state index in [9.17, 15) is 24.3 Å². The van der Waals surface area contributed by atoms with Crippen molar-refractivity contribution in [1.29, 1.82) is 0 Å². The summed E-state index contributed by atoms with van der Waals surface area (Å²) in [4.78, 5) is 61.3. The first-order valence-corrected chi connectivity index (χ1v) is 22.4. The number of aromatic nitrogens is 8. The highest BCUT2D eigenvalue weighted by molar-refractivity contribution is 6.03. The molecule has 0 saturated heterocycles. The van der Waals surface area contributed by atoms with Crippen LogP contribution in [0.5, 0.6) is 0 Å². The van der Waals surface area contributed by atoms with Crippen LogP contribution in [0.3, 0.4) is 0 Å². The summed E-state index contributed by atoms with van der Waals surface area (Å²) in [5.74, 6) is -0.858. The van der Waals surface area contributed by atoms with Crippen molar-refractivity contribution in [2.24, 2.45) is 5.73 Å². The smallest absolute Gasteiger partial charge is 0.276 e. The van der Waals surface area contributed by atoms with Crippen molar-refractivity contribution in [2.45, 2.75) is 66.5 Å². The Labute approximate surface area is 391 Å². The van der Waals surface area contributed by atoms with Crippen LogP contribution in [0.1, 0.15) is 85.1 Å². The molecule has 0 aliphatic carbocycles. The molecule has 0 fully saturated rings. The Morgan fingerprint density at radius 1 is 0.647 bits per heavy atom. The molecule has 4 amide bonds. The summed E-state index contributed by atoms with van der Waals surface area (Å²) in [7, 11) is 0. The number of benzene rings is 4. The van der Waals surface area contributed by atoms with E-state index in [1.165, 1.54) is 0 Å².